The van der Waals surface area contributed by atoms with Gasteiger partial charge in [0.15, 0.2) is 0 Å². The lowest BCUT2D eigenvalue weighted by atomic mass is 10.2. The van der Waals surface area contributed by atoms with Crippen LogP contribution in [0.1, 0.15) is 25.7 Å². The summed E-state index contributed by atoms with van der Waals surface area (Å²) >= 11 is 3.14. The Morgan fingerprint density at radius 2 is 2.15 bits per heavy atom. The molecule has 0 aliphatic carbocycles. The number of hydrogen-bond acceptors (Lipinski definition) is 4. The maximum atomic E-state index is 13.9. The van der Waals surface area contributed by atoms with E-state index in [1.54, 1.807) is 18.2 Å². The highest BCUT2D eigenvalue weighted by Gasteiger charge is 2.14. The van der Waals surface area contributed by atoms with Gasteiger partial charge in [-0.2, -0.15) is 0 Å². The van der Waals surface area contributed by atoms with Crippen molar-refractivity contribution in [3.05, 3.63) is 34.4 Å². The molecule has 1 aromatic heterocycles. The van der Waals surface area contributed by atoms with Crippen LogP contribution < -0.4 is 5.32 Å². The summed E-state index contributed by atoms with van der Waals surface area (Å²) in [5.41, 5.74) is 0.322. The number of halogens is 2. The molecule has 0 spiro atoms. The highest BCUT2D eigenvalue weighted by molar-refractivity contribution is 9.10. The van der Waals surface area contributed by atoms with Gasteiger partial charge in [-0.05, 0) is 54.0 Å². The Bertz CT molecular complexity index is 559. The largest absolute Gasteiger partial charge is 0.421 e. The topological polar surface area (TPSA) is 51.0 Å². The fourth-order valence-corrected chi connectivity index (χ4v) is 2.17. The summed E-state index contributed by atoms with van der Waals surface area (Å²) in [5, 5.41) is 11.2. The van der Waals surface area contributed by atoms with Crippen LogP contribution in [0.15, 0.2) is 27.1 Å². The van der Waals surface area contributed by atoms with Crippen LogP contribution in [-0.4, -0.2) is 23.3 Å². The first-order valence-corrected chi connectivity index (χ1v) is 7.49. The average Bonchev–Trinajstić information content (AvgIpc) is 2.90. The molecular weight excluding hydrogens is 325 g/mol. The molecule has 0 atom stereocenters. The monoisotopic (exact) mass is 341 g/mol. The van der Waals surface area contributed by atoms with Crippen LogP contribution in [0.2, 0.25) is 0 Å². The fraction of sp³-hybridized carbons (Fsp3) is 0.429. The van der Waals surface area contributed by atoms with Gasteiger partial charge in [0, 0.05) is 6.42 Å². The van der Waals surface area contributed by atoms with Crippen molar-refractivity contribution < 1.29 is 8.81 Å². The molecule has 6 heteroatoms. The standard InChI is InChI=1S/C14H17BrFN3O/c1-2-8-17-9-4-7-12-18-19-14(20-12)10-5-3-6-11(15)13(10)16/h3,5-6,17H,2,4,7-9H2,1H3. The van der Waals surface area contributed by atoms with E-state index in [0.29, 0.717) is 22.3 Å². The lowest BCUT2D eigenvalue weighted by molar-refractivity contribution is 0.488. The summed E-state index contributed by atoms with van der Waals surface area (Å²) in [6.07, 6.45) is 2.73. The Morgan fingerprint density at radius 3 is 2.95 bits per heavy atom. The smallest absolute Gasteiger partial charge is 0.250 e. The van der Waals surface area contributed by atoms with E-state index in [9.17, 15) is 4.39 Å². The van der Waals surface area contributed by atoms with Gasteiger partial charge in [0.2, 0.25) is 5.89 Å². The van der Waals surface area contributed by atoms with Crippen LogP contribution in [0.25, 0.3) is 11.5 Å². The van der Waals surface area contributed by atoms with Crippen LogP contribution in [0.4, 0.5) is 4.39 Å². The molecule has 2 aromatic rings. The second-order valence-electron chi connectivity index (χ2n) is 4.46. The number of nitrogens with one attached hydrogen (secondary N) is 1. The quantitative estimate of drug-likeness (QED) is 0.782. The molecule has 0 saturated carbocycles. The SMILES string of the molecule is CCCNCCCc1nnc(-c2cccc(Br)c2F)o1. The first kappa shape index (κ1) is 15.1. The third-order valence-corrected chi connectivity index (χ3v) is 3.43. The third kappa shape index (κ3) is 3.86. The van der Waals surface area contributed by atoms with Crippen molar-refractivity contribution in [3.8, 4) is 11.5 Å². The van der Waals surface area contributed by atoms with Crippen molar-refractivity contribution in [2.45, 2.75) is 26.2 Å². The van der Waals surface area contributed by atoms with Crippen LogP contribution in [0.5, 0.6) is 0 Å². The van der Waals surface area contributed by atoms with Gasteiger partial charge in [-0.15, -0.1) is 10.2 Å². The lowest BCUT2D eigenvalue weighted by Gasteiger charge is -2.00. The summed E-state index contributed by atoms with van der Waals surface area (Å²) in [7, 11) is 0. The molecule has 108 valence electrons. The Kier molecular flexibility index (Phi) is 5.67. The van der Waals surface area contributed by atoms with E-state index in [0.717, 1.165) is 25.9 Å². The van der Waals surface area contributed by atoms with E-state index in [4.69, 9.17) is 4.42 Å². The minimum Gasteiger partial charge on any atom is -0.421 e. The summed E-state index contributed by atoms with van der Waals surface area (Å²) in [4.78, 5) is 0. The summed E-state index contributed by atoms with van der Waals surface area (Å²) in [6, 6.07) is 5.00. The minimum atomic E-state index is -0.382. The van der Waals surface area contributed by atoms with E-state index in [1.807, 2.05) is 0 Å². The average molecular weight is 342 g/mol. The van der Waals surface area contributed by atoms with Crippen molar-refractivity contribution in [1.29, 1.82) is 0 Å². The van der Waals surface area contributed by atoms with Crippen molar-refractivity contribution in [3.63, 3.8) is 0 Å². The molecular formula is C14H17BrFN3O. The van der Waals surface area contributed by atoms with E-state index in [-0.39, 0.29) is 11.7 Å². The van der Waals surface area contributed by atoms with Crippen molar-refractivity contribution in [2.24, 2.45) is 0 Å². The Labute approximate surface area is 125 Å². The number of aryl methyl sites for hydroxylation is 1. The van der Waals surface area contributed by atoms with Crippen LogP contribution in [0, 0.1) is 5.82 Å². The molecule has 4 nitrogen and oxygen atoms in total. The van der Waals surface area contributed by atoms with Crippen LogP contribution in [-0.2, 0) is 6.42 Å². The van der Waals surface area contributed by atoms with Crippen molar-refractivity contribution in [1.82, 2.24) is 15.5 Å². The number of hydrogen-bond donors (Lipinski definition) is 1. The molecule has 20 heavy (non-hydrogen) atoms. The van der Waals surface area contributed by atoms with E-state index in [2.05, 4.69) is 38.4 Å². The second-order valence-corrected chi connectivity index (χ2v) is 5.31. The Hall–Kier alpha value is -1.27. The second kappa shape index (κ2) is 7.50. The normalized spacial score (nSPS) is 10.9. The summed E-state index contributed by atoms with van der Waals surface area (Å²) in [6.45, 7) is 4.05. The zero-order chi connectivity index (χ0) is 14.4. The molecule has 2 rings (SSSR count). The fourth-order valence-electron chi connectivity index (χ4n) is 1.80. The molecule has 1 aromatic carbocycles. The highest BCUT2D eigenvalue weighted by atomic mass is 79.9. The molecule has 0 aliphatic heterocycles. The number of nitrogens with zero attached hydrogens (tertiary/aromatic N) is 2. The summed E-state index contributed by atoms with van der Waals surface area (Å²) < 4.78 is 19.8. The maximum absolute atomic E-state index is 13.9. The summed E-state index contributed by atoms with van der Waals surface area (Å²) in [5.74, 6) is 0.380. The highest BCUT2D eigenvalue weighted by Crippen LogP contribution is 2.26. The van der Waals surface area contributed by atoms with E-state index in [1.165, 1.54) is 0 Å². The minimum absolute atomic E-state index is 0.223. The number of aromatic nitrogens is 2. The van der Waals surface area contributed by atoms with E-state index >= 15 is 0 Å². The van der Waals surface area contributed by atoms with Gasteiger partial charge in [0.25, 0.3) is 5.89 Å². The Morgan fingerprint density at radius 1 is 1.30 bits per heavy atom. The first-order chi connectivity index (χ1) is 9.72. The molecule has 0 fully saturated rings. The number of benzene rings is 1. The van der Waals surface area contributed by atoms with Gasteiger partial charge in [0.1, 0.15) is 5.82 Å². The van der Waals surface area contributed by atoms with Crippen molar-refractivity contribution >= 4 is 15.9 Å². The molecule has 0 amide bonds. The zero-order valence-corrected chi connectivity index (χ0v) is 12.9. The van der Waals surface area contributed by atoms with Gasteiger partial charge in [-0.1, -0.05) is 13.0 Å². The predicted molar refractivity (Wildman–Crippen MR) is 78.9 cm³/mol. The molecule has 0 aliphatic rings. The molecule has 1 heterocycles. The first-order valence-electron chi connectivity index (χ1n) is 6.70. The predicted octanol–water partition coefficient (Wildman–Crippen LogP) is 3.57. The molecule has 0 radical (unpaired) electrons. The van der Waals surface area contributed by atoms with Crippen molar-refractivity contribution in [2.75, 3.05) is 13.1 Å². The molecule has 0 bridgehead atoms. The van der Waals surface area contributed by atoms with Gasteiger partial charge in [0.05, 0.1) is 10.0 Å². The maximum Gasteiger partial charge on any atom is 0.250 e. The van der Waals surface area contributed by atoms with E-state index < -0.39 is 0 Å². The lowest BCUT2D eigenvalue weighted by Crippen LogP contribution is -2.16. The zero-order valence-electron chi connectivity index (χ0n) is 11.3. The van der Waals surface area contributed by atoms with Gasteiger partial charge < -0.3 is 9.73 Å². The Balaban J connectivity index is 1.97. The third-order valence-electron chi connectivity index (χ3n) is 2.82. The molecule has 0 saturated heterocycles. The molecule has 1 N–H and O–H groups in total. The van der Waals surface area contributed by atoms with Gasteiger partial charge in [-0.3, -0.25) is 0 Å². The van der Waals surface area contributed by atoms with Gasteiger partial charge in [-0.25, -0.2) is 4.39 Å². The van der Waals surface area contributed by atoms with Gasteiger partial charge >= 0.3 is 0 Å². The van der Waals surface area contributed by atoms with Crippen LogP contribution >= 0.6 is 15.9 Å². The van der Waals surface area contributed by atoms with Crippen LogP contribution in [0.3, 0.4) is 0 Å². The number of rotatable bonds is 7. The molecule has 0 unspecified atom stereocenters.